The molecular formula is C15H19ClN2S. The van der Waals surface area contributed by atoms with Crippen molar-refractivity contribution in [1.29, 1.82) is 5.26 Å². The molecule has 102 valence electrons. The standard InChI is InChI=1S/C15H19ClN2S/c1-2-18-15(10-17,13-7-8-13)11-19-9-12-5-3-4-6-14(12)16/h3-6,13,18H,2,7-9,11H2,1H3. The second-order valence-corrected chi connectivity index (χ2v) is 6.36. The summed E-state index contributed by atoms with van der Waals surface area (Å²) in [6.07, 6.45) is 2.35. The first kappa shape index (κ1) is 14.7. The minimum Gasteiger partial charge on any atom is -0.299 e. The monoisotopic (exact) mass is 294 g/mol. The first-order valence-electron chi connectivity index (χ1n) is 6.69. The van der Waals surface area contributed by atoms with E-state index in [0.717, 1.165) is 28.6 Å². The van der Waals surface area contributed by atoms with Crippen molar-refractivity contribution >= 4 is 23.4 Å². The van der Waals surface area contributed by atoms with Gasteiger partial charge >= 0.3 is 0 Å². The summed E-state index contributed by atoms with van der Waals surface area (Å²) in [5, 5.41) is 13.7. The van der Waals surface area contributed by atoms with E-state index in [1.165, 1.54) is 12.8 Å². The predicted octanol–water partition coefficient (Wildman–Crippen LogP) is 3.86. The molecule has 0 aliphatic heterocycles. The lowest BCUT2D eigenvalue weighted by Crippen LogP contribution is -2.48. The molecule has 1 saturated carbocycles. The third kappa shape index (κ3) is 3.66. The summed E-state index contributed by atoms with van der Waals surface area (Å²) in [6.45, 7) is 2.91. The smallest absolute Gasteiger partial charge is 0.118 e. The van der Waals surface area contributed by atoms with Crippen molar-refractivity contribution in [2.24, 2.45) is 5.92 Å². The number of halogens is 1. The Labute approximate surface area is 124 Å². The molecular weight excluding hydrogens is 276 g/mol. The molecule has 1 fully saturated rings. The minimum atomic E-state index is -0.347. The van der Waals surface area contributed by atoms with E-state index >= 15 is 0 Å². The quantitative estimate of drug-likeness (QED) is 0.829. The van der Waals surface area contributed by atoms with E-state index in [1.54, 1.807) is 11.8 Å². The Morgan fingerprint density at radius 1 is 1.47 bits per heavy atom. The van der Waals surface area contributed by atoms with Crippen molar-refractivity contribution in [2.45, 2.75) is 31.1 Å². The van der Waals surface area contributed by atoms with Crippen LogP contribution in [0.15, 0.2) is 24.3 Å². The molecule has 0 aromatic heterocycles. The van der Waals surface area contributed by atoms with E-state index in [0.29, 0.717) is 5.92 Å². The Morgan fingerprint density at radius 3 is 2.79 bits per heavy atom. The normalized spacial score (nSPS) is 17.7. The molecule has 0 heterocycles. The van der Waals surface area contributed by atoms with Crippen LogP contribution in [-0.4, -0.2) is 17.8 Å². The van der Waals surface area contributed by atoms with Crippen molar-refractivity contribution < 1.29 is 0 Å². The molecule has 0 saturated heterocycles. The Morgan fingerprint density at radius 2 is 2.21 bits per heavy atom. The Kier molecular flexibility index (Phi) is 5.15. The van der Waals surface area contributed by atoms with Gasteiger partial charge < -0.3 is 0 Å². The Hall–Kier alpha value is -0.690. The fourth-order valence-corrected chi connectivity index (χ4v) is 3.89. The van der Waals surface area contributed by atoms with Gasteiger partial charge in [0.1, 0.15) is 5.54 Å². The van der Waals surface area contributed by atoms with Gasteiger partial charge in [-0.25, -0.2) is 0 Å². The van der Waals surface area contributed by atoms with Gasteiger partial charge in [0, 0.05) is 16.5 Å². The summed E-state index contributed by atoms with van der Waals surface area (Å²) in [6, 6.07) is 10.4. The highest BCUT2D eigenvalue weighted by Gasteiger charge is 2.44. The first-order valence-corrected chi connectivity index (χ1v) is 8.22. The average molecular weight is 295 g/mol. The van der Waals surface area contributed by atoms with Gasteiger partial charge in [0.05, 0.1) is 6.07 Å². The van der Waals surface area contributed by atoms with Crippen molar-refractivity contribution in [3.8, 4) is 6.07 Å². The molecule has 0 spiro atoms. The van der Waals surface area contributed by atoms with Crippen LogP contribution < -0.4 is 5.32 Å². The van der Waals surface area contributed by atoms with Gasteiger partial charge in [-0.15, -0.1) is 0 Å². The summed E-state index contributed by atoms with van der Waals surface area (Å²) in [5.74, 6) is 2.21. The molecule has 1 aliphatic rings. The summed E-state index contributed by atoms with van der Waals surface area (Å²) >= 11 is 7.94. The van der Waals surface area contributed by atoms with E-state index in [2.05, 4.69) is 18.3 Å². The maximum Gasteiger partial charge on any atom is 0.118 e. The van der Waals surface area contributed by atoms with Crippen LogP contribution in [0.1, 0.15) is 25.3 Å². The van der Waals surface area contributed by atoms with Crippen molar-refractivity contribution in [3.63, 3.8) is 0 Å². The lowest BCUT2D eigenvalue weighted by Gasteiger charge is -2.27. The fourth-order valence-electron chi connectivity index (χ4n) is 2.31. The topological polar surface area (TPSA) is 35.8 Å². The maximum atomic E-state index is 9.52. The number of nitrogens with zero attached hydrogens (tertiary/aromatic N) is 1. The van der Waals surface area contributed by atoms with E-state index in [1.807, 2.05) is 24.3 Å². The minimum absolute atomic E-state index is 0.347. The molecule has 4 heteroatoms. The fraction of sp³-hybridized carbons (Fsp3) is 0.533. The van der Waals surface area contributed by atoms with Crippen molar-refractivity contribution in [1.82, 2.24) is 5.32 Å². The molecule has 0 bridgehead atoms. The lowest BCUT2D eigenvalue weighted by molar-refractivity contribution is 0.416. The SMILES string of the molecule is CCNC(C#N)(CSCc1ccccc1Cl)C1CC1. The molecule has 1 aliphatic carbocycles. The highest BCUT2D eigenvalue weighted by atomic mass is 35.5. The second kappa shape index (κ2) is 6.65. The molecule has 1 atom stereocenters. The summed E-state index contributed by atoms with van der Waals surface area (Å²) < 4.78 is 0. The highest BCUT2D eigenvalue weighted by Crippen LogP contribution is 2.41. The van der Waals surface area contributed by atoms with Gasteiger partial charge in [0.25, 0.3) is 0 Å². The Bertz CT molecular complexity index is 467. The van der Waals surface area contributed by atoms with Crippen LogP contribution in [0.2, 0.25) is 5.02 Å². The van der Waals surface area contributed by atoms with Gasteiger partial charge in [-0.1, -0.05) is 36.7 Å². The lowest BCUT2D eigenvalue weighted by atomic mass is 9.98. The molecule has 1 aromatic carbocycles. The van der Waals surface area contributed by atoms with Crippen LogP contribution in [-0.2, 0) is 5.75 Å². The van der Waals surface area contributed by atoms with Crippen LogP contribution in [0.25, 0.3) is 0 Å². The van der Waals surface area contributed by atoms with Crippen molar-refractivity contribution in [2.75, 3.05) is 12.3 Å². The maximum absolute atomic E-state index is 9.52. The number of thioether (sulfide) groups is 1. The number of rotatable bonds is 7. The Balaban J connectivity index is 1.93. The zero-order valence-corrected chi connectivity index (χ0v) is 12.7. The van der Waals surface area contributed by atoms with E-state index < -0.39 is 0 Å². The van der Waals surface area contributed by atoms with Gasteiger partial charge in [0.2, 0.25) is 0 Å². The van der Waals surface area contributed by atoms with Gasteiger partial charge in [-0.05, 0) is 36.9 Å². The molecule has 1 N–H and O–H groups in total. The summed E-state index contributed by atoms with van der Waals surface area (Å²) in [4.78, 5) is 0. The average Bonchev–Trinajstić information content (AvgIpc) is 3.25. The van der Waals surface area contributed by atoms with Crippen LogP contribution in [0, 0.1) is 17.2 Å². The van der Waals surface area contributed by atoms with Crippen LogP contribution in [0.5, 0.6) is 0 Å². The third-order valence-corrected chi connectivity index (χ3v) is 5.05. The number of hydrogen-bond acceptors (Lipinski definition) is 3. The molecule has 19 heavy (non-hydrogen) atoms. The number of nitriles is 1. The van der Waals surface area contributed by atoms with Crippen LogP contribution >= 0.6 is 23.4 Å². The molecule has 2 rings (SSSR count). The van der Waals surface area contributed by atoms with Crippen molar-refractivity contribution in [3.05, 3.63) is 34.9 Å². The largest absolute Gasteiger partial charge is 0.299 e. The van der Waals surface area contributed by atoms with Crippen LogP contribution in [0.4, 0.5) is 0 Å². The zero-order chi connectivity index (χ0) is 13.7. The van der Waals surface area contributed by atoms with E-state index in [9.17, 15) is 5.26 Å². The third-order valence-electron chi connectivity index (χ3n) is 3.51. The summed E-state index contributed by atoms with van der Waals surface area (Å²) in [5.41, 5.74) is 0.800. The predicted molar refractivity (Wildman–Crippen MR) is 82.4 cm³/mol. The summed E-state index contributed by atoms with van der Waals surface area (Å²) in [7, 11) is 0. The number of nitrogens with one attached hydrogen (secondary N) is 1. The van der Waals surface area contributed by atoms with E-state index in [4.69, 9.17) is 11.6 Å². The van der Waals surface area contributed by atoms with Gasteiger partial charge in [-0.2, -0.15) is 17.0 Å². The van der Waals surface area contributed by atoms with E-state index in [-0.39, 0.29) is 5.54 Å². The molecule has 1 aromatic rings. The number of benzene rings is 1. The molecule has 0 radical (unpaired) electrons. The first-order chi connectivity index (χ1) is 9.22. The van der Waals surface area contributed by atoms with Crippen LogP contribution in [0.3, 0.4) is 0 Å². The highest BCUT2D eigenvalue weighted by molar-refractivity contribution is 7.98. The molecule has 2 nitrogen and oxygen atoms in total. The molecule has 1 unspecified atom stereocenters. The zero-order valence-electron chi connectivity index (χ0n) is 11.2. The number of hydrogen-bond donors (Lipinski definition) is 1. The van der Waals surface area contributed by atoms with Gasteiger partial charge in [-0.3, -0.25) is 5.32 Å². The van der Waals surface area contributed by atoms with Gasteiger partial charge in [0.15, 0.2) is 0 Å². The second-order valence-electron chi connectivity index (χ2n) is 4.97. The molecule has 0 amide bonds.